The van der Waals surface area contributed by atoms with Gasteiger partial charge < -0.3 is 0 Å². The average molecular weight is 181 g/mol. The Balaban J connectivity index is 0.000000640. The molecule has 0 spiro atoms. The van der Waals surface area contributed by atoms with Crippen LogP contribution in [-0.4, -0.2) is 0 Å². The summed E-state index contributed by atoms with van der Waals surface area (Å²) in [5.74, 6) is -0.271. The van der Waals surface area contributed by atoms with E-state index in [2.05, 4.69) is 22.0 Å². The van der Waals surface area contributed by atoms with Gasteiger partial charge >= 0.3 is 18.9 Å². The van der Waals surface area contributed by atoms with Gasteiger partial charge in [-0.25, -0.2) is 0 Å². The van der Waals surface area contributed by atoms with Crippen molar-refractivity contribution in [3.8, 4) is 0 Å². The summed E-state index contributed by atoms with van der Waals surface area (Å²) in [5.41, 5.74) is 0. The molecule has 0 aliphatic heterocycles. The van der Waals surface area contributed by atoms with Crippen LogP contribution in [0.1, 0.15) is 0 Å². The summed E-state index contributed by atoms with van der Waals surface area (Å²) in [5, 5.41) is 0. The SMILES string of the molecule is Fc1ccc[c-]c1Br.[Li+]. The topological polar surface area (TPSA) is 0 Å². The molecular formula is C6H3BrFLi. The molecule has 0 fully saturated rings. The molecule has 1 aromatic rings. The summed E-state index contributed by atoms with van der Waals surface area (Å²) in [7, 11) is 0. The van der Waals surface area contributed by atoms with Crippen molar-refractivity contribution in [3.05, 3.63) is 34.6 Å². The van der Waals surface area contributed by atoms with Gasteiger partial charge in [0.1, 0.15) is 0 Å². The van der Waals surface area contributed by atoms with Crippen LogP contribution in [0.4, 0.5) is 4.39 Å². The molecule has 0 saturated carbocycles. The first kappa shape index (κ1) is 9.23. The summed E-state index contributed by atoms with van der Waals surface area (Å²) >= 11 is 2.96. The maximum atomic E-state index is 12.2. The van der Waals surface area contributed by atoms with Crippen LogP contribution in [0.5, 0.6) is 0 Å². The van der Waals surface area contributed by atoms with Crippen molar-refractivity contribution >= 4 is 15.9 Å². The van der Waals surface area contributed by atoms with E-state index in [4.69, 9.17) is 0 Å². The molecule has 0 aromatic heterocycles. The minimum absolute atomic E-state index is 0. The Kier molecular flexibility index (Phi) is 4.21. The van der Waals surface area contributed by atoms with E-state index in [1.165, 1.54) is 6.07 Å². The van der Waals surface area contributed by atoms with Crippen LogP contribution in [-0.2, 0) is 0 Å². The predicted octanol–water partition coefficient (Wildman–Crippen LogP) is -0.608. The molecule has 3 heteroatoms. The van der Waals surface area contributed by atoms with Gasteiger partial charge in [0, 0.05) is 5.82 Å². The number of hydrogen-bond donors (Lipinski definition) is 0. The molecule has 0 bridgehead atoms. The number of halogens is 2. The van der Waals surface area contributed by atoms with Crippen LogP contribution < -0.4 is 18.9 Å². The Bertz CT molecular complexity index is 169. The first-order chi connectivity index (χ1) is 3.80. The van der Waals surface area contributed by atoms with E-state index in [1.54, 1.807) is 12.1 Å². The normalized spacial score (nSPS) is 8.22. The van der Waals surface area contributed by atoms with Crippen LogP contribution in [0.3, 0.4) is 0 Å². The van der Waals surface area contributed by atoms with Crippen LogP contribution >= 0.6 is 15.9 Å². The molecular weight excluding hydrogens is 178 g/mol. The molecule has 9 heavy (non-hydrogen) atoms. The van der Waals surface area contributed by atoms with Gasteiger partial charge in [0.05, 0.1) is 0 Å². The monoisotopic (exact) mass is 180 g/mol. The van der Waals surface area contributed by atoms with Crippen LogP contribution in [0.25, 0.3) is 0 Å². The predicted molar refractivity (Wildman–Crippen MR) is 32.9 cm³/mol. The van der Waals surface area contributed by atoms with Gasteiger partial charge in [-0.05, 0) is 0 Å². The summed E-state index contributed by atoms with van der Waals surface area (Å²) in [6.07, 6.45) is 0. The van der Waals surface area contributed by atoms with Crippen molar-refractivity contribution in [2.75, 3.05) is 0 Å². The van der Waals surface area contributed by atoms with Crippen molar-refractivity contribution in [3.63, 3.8) is 0 Å². The first-order valence-electron chi connectivity index (χ1n) is 2.12. The number of benzene rings is 1. The van der Waals surface area contributed by atoms with Crippen molar-refractivity contribution < 1.29 is 23.3 Å². The Labute approximate surface area is 73.8 Å². The minimum Gasteiger partial charge on any atom is -0.283 e. The minimum atomic E-state index is -0.271. The van der Waals surface area contributed by atoms with Crippen molar-refractivity contribution in [1.29, 1.82) is 0 Å². The fourth-order valence-corrected chi connectivity index (χ4v) is 0.660. The largest absolute Gasteiger partial charge is 1.00 e. The van der Waals surface area contributed by atoms with E-state index in [0.717, 1.165) is 0 Å². The zero-order valence-corrected chi connectivity index (χ0v) is 6.57. The molecule has 0 radical (unpaired) electrons. The molecule has 0 nitrogen and oxygen atoms in total. The van der Waals surface area contributed by atoms with Gasteiger partial charge in [0.25, 0.3) is 0 Å². The second-order valence-electron chi connectivity index (χ2n) is 1.33. The van der Waals surface area contributed by atoms with Gasteiger partial charge in [0.2, 0.25) is 0 Å². The van der Waals surface area contributed by atoms with Gasteiger partial charge in [-0.1, -0.05) is 20.4 Å². The smallest absolute Gasteiger partial charge is 0.283 e. The standard InChI is InChI=1S/C6H3BrF.Li/c7-5-3-1-2-4-6(5)8;/h1-2,4H;/q-1;+1. The van der Waals surface area contributed by atoms with E-state index in [-0.39, 0.29) is 24.7 Å². The zero-order chi connectivity index (χ0) is 5.98. The van der Waals surface area contributed by atoms with Crippen molar-refractivity contribution in [2.45, 2.75) is 0 Å². The Hall–Kier alpha value is 0.227. The zero-order valence-electron chi connectivity index (χ0n) is 4.99. The molecule has 0 N–H and O–H groups in total. The summed E-state index contributed by atoms with van der Waals surface area (Å²) in [6.45, 7) is 0. The van der Waals surface area contributed by atoms with E-state index in [0.29, 0.717) is 4.47 Å². The number of rotatable bonds is 0. The van der Waals surface area contributed by atoms with E-state index >= 15 is 0 Å². The Morgan fingerprint density at radius 1 is 1.56 bits per heavy atom. The van der Waals surface area contributed by atoms with Crippen LogP contribution in [0.2, 0.25) is 0 Å². The maximum absolute atomic E-state index is 12.2. The van der Waals surface area contributed by atoms with Gasteiger partial charge in [-0.15, -0.1) is 6.07 Å². The molecule has 42 valence electrons. The van der Waals surface area contributed by atoms with Gasteiger partial charge in [-0.2, -0.15) is 18.2 Å². The fraction of sp³-hybridized carbons (Fsp3) is 0. The molecule has 0 heterocycles. The first-order valence-corrected chi connectivity index (χ1v) is 2.91. The second-order valence-corrected chi connectivity index (χ2v) is 2.13. The summed E-state index contributed by atoms with van der Waals surface area (Å²) < 4.78 is 12.6. The van der Waals surface area contributed by atoms with E-state index in [1.807, 2.05) is 0 Å². The molecule has 0 saturated heterocycles. The fourth-order valence-electron chi connectivity index (χ4n) is 0.396. The Morgan fingerprint density at radius 2 is 2.22 bits per heavy atom. The van der Waals surface area contributed by atoms with Crippen LogP contribution in [0.15, 0.2) is 22.7 Å². The van der Waals surface area contributed by atoms with E-state index < -0.39 is 0 Å². The third kappa shape index (κ3) is 2.53. The molecule has 0 aliphatic rings. The van der Waals surface area contributed by atoms with Crippen LogP contribution in [0, 0.1) is 11.9 Å². The average Bonchev–Trinajstić information content (AvgIpc) is 1.77. The molecule has 0 unspecified atom stereocenters. The van der Waals surface area contributed by atoms with Crippen molar-refractivity contribution in [1.82, 2.24) is 0 Å². The third-order valence-electron chi connectivity index (χ3n) is 0.759. The molecule has 1 rings (SSSR count). The van der Waals surface area contributed by atoms with Crippen molar-refractivity contribution in [2.24, 2.45) is 0 Å². The molecule has 0 aliphatic carbocycles. The summed E-state index contributed by atoms with van der Waals surface area (Å²) in [6, 6.07) is 7.26. The Morgan fingerprint density at radius 3 is 2.56 bits per heavy atom. The second kappa shape index (κ2) is 4.11. The van der Waals surface area contributed by atoms with Gasteiger partial charge in [0.15, 0.2) is 0 Å². The molecule has 1 aromatic carbocycles. The number of hydrogen-bond acceptors (Lipinski definition) is 0. The van der Waals surface area contributed by atoms with E-state index in [9.17, 15) is 4.39 Å². The van der Waals surface area contributed by atoms with Gasteiger partial charge in [-0.3, -0.25) is 4.39 Å². The quantitative estimate of drug-likeness (QED) is 0.370. The molecule has 0 amide bonds. The molecule has 0 atom stereocenters. The summed E-state index contributed by atoms with van der Waals surface area (Å²) in [4.78, 5) is 0. The maximum Gasteiger partial charge on any atom is 1.00 e. The third-order valence-corrected chi connectivity index (χ3v) is 1.37.